The van der Waals surface area contributed by atoms with Crippen LogP contribution in [0.4, 0.5) is 0 Å². The van der Waals surface area contributed by atoms with Crippen molar-refractivity contribution in [1.82, 2.24) is 0 Å². The molecule has 1 aliphatic carbocycles. The minimum atomic E-state index is -0.00671. The maximum atomic E-state index is 9.96. The first-order valence-electron chi connectivity index (χ1n) is 6.46. The Morgan fingerprint density at radius 1 is 1.14 bits per heavy atom. The summed E-state index contributed by atoms with van der Waals surface area (Å²) in [6, 6.07) is 0. The Hall–Kier alpha value is -0.0400. The summed E-state index contributed by atoms with van der Waals surface area (Å²) < 4.78 is 0. The van der Waals surface area contributed by atoms with Gasteiger partial charge in [-0.05, 0) is 31.1 Å². The first kappa shape index (κ1) is 12.0. The summed E-state index contributed by atoms with van der Waals surface area (Å²) in [6.45, 7) is 4.49. The Kier molecular flexibility index (Phi) is 5.54. The predicted octanol–water partition coefficient (Wildman–Crippen LogP) is 3.75. The molecule has 0 heterocycles. The van der Waals surface area contributed by atoms with Crippen LogP contribution < -0.4 is 0 Å². The van der Waals surface area contributed by atoms with Crippen LogP contribution in [0.15, 0.2) is 0 Å². The highest BCUT2D eigenvalue weighted by atomic mass is 16.3. The molecule has 1 rings (SSSR count). The van der Waals surface area contributed by atoms with Gasteiger partial charge in [-0.1, -0.05) is 46.0 Å². The lowest BCUT2D eigenvalue weighted by molar-refractivity contribution is 0.0646. The normalized spacial score (nSPS) is 30.2. The molecule has 0 radical (unpaired) electrons. The van der Waals surface area contributed by atoms with Crippen molar-refractivity contribution in [3.8, 4) is 0 Å². The first-order valence-corrected chi connectivity index (χ1v) is 6.46. The zero-order valence-electron chi connectivity index (χ0n) is 9.84. The number of aliphatic hydroxyl groups is 1. The second-order valence-corrected chi connectivity index (χ2v) is 4.90. The molecule has 1 fully saturated rings. The van der Waals surface area contributed by atoms with Gasteiger partial charge in [-0.15, -0.1) is 0 Å². The van der Waals surface area contributed by atoms with Gasteiger partial charge in [0.1, 0.15) is 0 Å². The van der Waals surface area contributed by atoms with Crippen LogP contribution in [0.3, 0.4) is 0 Å². The fraction of sp³-hybridized carbons (Fsp3) is 1.00. The zero-order valence-corrected chi connectivity index (χ0v) is 9.84. The summed E-state index contributed by atoms with van der Waals surface area (Å²) in [4.78, 5) is 0. The van der Waals surface area contributed by atoms with Gasteiger partial charge in [-0.25, -0.2) is 0 Å². The SMILES string of the molecule is CCCCC(O)C1CCC(CC)CC1. The molecule has 1 nitrogen and oxygen atoms in total. The predicted molar refractivity (Wildman–Crippen MR) is 61.3 cm³/mol. The monoisotopic (exact) mass is 198 g/mol. The van der Waals surface area contributed by atoms with Crippen LogP contribution in [0.25, 0.3) is 0 Å². The smallest absolute Gasteiger partial charge is 0.0568 e. The van der Waals surface area contributed by atoms with Gasteiger partial charge in [0.05, 0.1) is 6.10 Å². The topological polar surface area (TPSA) is 20.2 Å². The van der Waals surface area contributed by atoms with Crippen molar-refractivity contribution in [3.63, 3.8) is 0 Å². The van der Waals surface area contributed by atoms with Crippen LogP contribution in [0.5, 0.6) is 0 Å². The van der Waals surface area contributed by atoms with Crippen molar-refractivity contribution >= 4 is 0 Å². The summed E-state index contributed by atoms with van der Waals surface area (Å²) in [5, 5.41) is 9.96. The minimum absolute atomic E-state index is 0.00671. The largest absolute Gasteiger partial charge is 0.393 e. The van der Waals surface area contributed by atoms with E-state index >= 15 is 0 Å². The van der Waals surface area contributed by atoms with Gasteiger partial charge in [0.25, 0.3) is 0 Å². The molecule has 1 heteroatoms. The summed E-state index contributed by atoms with van der Waals surface area (Å²) in [6.07, 6.45) is 9.99. The fourth-order valence-electron chi connectivity index (χ4n) is 2.63. The summed E-state index contributed by atoms with van der Waals surface area (Å²) in [5.41, 5.74) is 0. The zero-order chi connectivity index (χ0) is 10.4. The van der Waals surface area contributed by atoms with E-state index in [0.29, 0.717) is 5.92 Å². The maximum Gasteiger partial charge on any atom is 0.0568 e. The van der Waals surface area contributed by atoms with Gasteiger partial charge in [0.2, 0.25) is 0 Å². The molecule has 1 aliphatic rings. The molecule has 0 aliphatic heterocycles. The lowest BCUT2D eigenvalue weighted by Crippen LogP contribution is -2.25. The van der Waals surface area contributed by atoms with E-state index in [-0.39, 0.29) is 6.10 Å². The van der Waals surface area contributed by atoms with Gasteiger partial charge in [0, 0.05) is 0 Å². The van der Waals surface area contributed by atoms with Crippen molar-refractivity contribution in [2.24, 2.45) is 11.8 Å². The second-order valence-electron chi connectivity index (χ2n) is 4.90. The first-order chi connectivity index (χ1) is 6.77. The molecule has 0 aromatic heterocycles. The molecule has 0 amide bonds. The van der Waals surface area contributed by atoms with E-state index in [2.05, 4.69) is 13.8 Å². The number of hydrogen-bond acceptors (Lipinski definition) is 1. The van der Waals surface area contributed by atoms with Crippen LogP contribution in [0.1, 0.15) is 65.2 Å². The van der Waals surface area contributed by atoms with Crippen LogP contribution in [-0.4, -0.2) is 11.2 Å². The molecule has 0 aromatic rings. The van der Waals surface area contributed by atoms with E-state index in [4.69, 9.17) is 0 Å². The summed E-state index contributed by atoms with van der Waals surface area (Å²) in [5.74, 6) is 1.56. The van der Waals surface area contributed by atoms with Gasteiger partial charge < -0.3 is 5.11 Å². The van der Waals surface area contributed by atoms with E-state index in [9.17, 15) is 5.11 Å². The van der Waals surface area contributed by atoms with E-state index in [0.717, 1.165) is 12.3 Å². The van der Waals surface area contributed by atoms with E-state index in [1.54, 1.807) is 0 Å². The van der Waals surface area contributed by atoms with Crippen LogP contribution in [-0.2, 0) is 0 Å². The third kappa shape index (κ3) is 3.61. The molecule has 1 atom stereocenters. The Balaban J connectivity index is 2.19. The molecule has 0 spiro atoms. The molecule has 0 aromatic carbocycles. The Morgan fingerprint density at radius 3 is 2.29 bits per heavy atom. The average molecular weight is 198 g/mol. The van der Waals surface area contributed by atoms with Gasteiger partial charge in [-0.3, -0.25) is 0 Å². The standard InChI is InChI=1S/C13H26O/c1-3-5-6-13(14)12-9-7-11(4-2)8-10-12/h11-14H,3-10H2,1-2H3. The van der Waals surface area contributed by atoms with E-state index in [1.807, 2.05) is 0 Å². The highest BCUT2D eigenvalue weighted by molar-refractivity contribution is 4.76. The quantitative estimate of drug-likeness (QED) is 0.713. The molecule has 1 saturated carbocycles. The average Bonchev–Trinajstić information content (AvgIpc) is 2.26. The van der Waals surface area contributed by atoms with Crippen molar-refractivity contribution in [2.45, 2.75) is 71.3 Å². The van der Waals surface area contributed by atoms with Crippen molar-refractivity contribution in [1.29, 1.82) is 0 Å². The molecule has 1 N–H and O–H groups in total. The van der Waals surface area contributed by atoms with Crippen molar-refractivity contribution in [3.05, 3.63) is 0 Å². The number of aliphatic hydroxyl groups excluding tert-OH is 1. The lowest BCUT2D eigenvalue weighted by atomic mass is 9.77. The molecular weight excluding hydrogens is 172 g/mol. The molecular formula is C13H26O. The third-order valence-electron chi connectivity index (χ3n) is 3.87. The molecule has 0 bridgehead atoms. The molecule has 14 heavy (non-hydrogen) atoms. The van der Waals surface area contributed by atoms with Gasteiger partial charge >= 0.3 is 0 Å². The number of unbranched alkanes of at least 4 members (excludes halogenated alkanes) is 1. The fourth-order valence-corrected chi connectivity index (χ4v) is 2.63. The molecule has 84 valence electrons. The summed E-state index contributed by atoms with van der Waals surface area (Å²) in [7, 11) is 0. The second kappa shape index (κ2) is 6.44. The van der Waals surface area contributed by atoms with Crippen molar-refractivity contribution in [2.75, 3.05) is 0 Å². The Morgan fingerprint density at radius 2 is 1.79 bits per heavy atom. The highest BCUT2D eigenvalue weighted by Crippen LogP contribution is 2.33. The number of hydrogen-bond donors (Lipinski definition) is 1. The van der Waals surface area contributed by atoms with E-state index in [1.165, 1.54) is 44.9 Å². The van der Waals surface area contributed by atoms with E-state index < -0.39 is 0 Å². The Bertz CT molecular complexity index is 136. The van der Waals surface area contributed by atoms with Crippen LogP contribution in [0, 0.1) is 11.8 Å². The van der Waals surface area contributed by atoms with Crippen LogP contribution >= 0.6 is 0 Å². The number of rotatable bonds is 5. The maximum absolute atomic E-state index is 9.96. The molecule has 0 saturated heterocycles. The molecule has 1 unspecified atom stereocenters. The van der Waals surface area contributed by atoms with Gasteiger partial charge in [0.15, 0.2) is 0 Å². The Labute approximate surface area is 88.9 Å². The van der Waals surface area contributed by atoms with Gasteiger partial charge in [-0.2, -0.15) is 0 Å². The highest BCUT2D eigenvalue weighted by Gasteiger charge is 2.24. The third-order valence-corrected chi connectivity index (χ3v) is 3.87. The minimum Gasteiger partial charge on any atom is -0.393 e. The van der Waals surface area contributed by atoms with Crippen molar-refractivity contribution < 1.29 is 5.11 Å². The summed E-state index contributed by atoms with van der Waals surface area (Å²) >= 11 is 0. The lowest BCUT2D eigenvalue weighted by Gasteiger charge is -2.31. The van der Waals surface area contributed by atoms with Crippen LogP contribution in [0.2, 0.25) is 0 Å².